The molecule has 1 unspecified atom stereocenters. The van der Waals surface area contributed by atoms with Crippen molar-refractivity contribution in [3.63, 3.8) is 0 Å². The molecule has 0 aliphatic carbocycles. The molecule has 2 heterocycles. The second-order valence-electron chi connectivity index (χ2n) is 6.72. The van der Waals surface area contributed by atoms with Crippen LogP contribution in [0.2, 0.25) is 0 Å². The summed E-state index contributed by atoms with van der Waals surface area (Å²) in [6.45, 7) is 1.72. The number of hydrogen-bond donors (Lipinski definition) is 1. The molecule has 2 N–H and O–H groups in total. The number of hydrogen-bond acceptors (Lipinski definition) is 7. The molecule has 1 saturated heterocycles. The van der Waals surface area contributed by atoms with Gasteiger partial charge in [-0.2, -0.15) is 0 Å². The number of amides is 2. The van der Waals surface area contributed by atoms with Crippen LogP contribution in [-0.2, 0) is 4.74 Å². The van der Waals surface area contributed by atoms with Gasteiger partial charge in [-0.05, 0) is 12.1 Å². The zero-order valence-corrected chi connectivity index (χ0v) is 16.6. The highest BCUT2D eigenvalue weighted by Gasteiger charge is 2.29. The number of primary amides is 1. The lowest BCUT2D eigenvalue weighted by molar-refractivity contribution is -0.0412. The molecule has 31 heavy (non-hydrogen) atoms. The number of ether oxygens (including phenoxy) is 2. The number of nitrogens with zero attached hydrogens (tertiary/aromatic N) is 3. The van der Waals surface area contributed by atoms with E-state index in [9.17, 15) is 23.2 Å². The van der Waals surface area contributed by atoms with Gasteiger partial charge >= 0.3 is 0 Å². The third kappa shape index (κ3) is 5.00. The van der Waals surface area contributed by atoms with Crippen LogP contribution in [0.1, 0.15) is 44.7 Å². The van der Waals surface area contributed by atoms with Crippen LogP contribution in [0.25, 0.3) is 0 Å². The third-order valence-corrected chi connectivity index (χ3v) is 4.62. The maximum absolute atomic E-state index is 14.2. The van der Waals surface area contributed by atoms with Crippen molar-refractivity contribution in [1.29, 1.82) is 0 Å². The largest absolute Gasteiger partial charge is 0.485 e. The minimum Gasteiger partial charge on any atom is -0.485 e. The average molecular weight is 434 g/mol. The second kappa shape index (κ2) is 9.56. The number of nitrogens with two attached hydrogens (primary N) is 1. The van der Waals surface area contributed by atoms with Crippen LogP contribution < -0.4 is 10.5 Å². The van der Waals surface area contributed by atoms with E-state index in [2.05, 4.69) is 9.97 Å². The maximum atomic E-state index is 14.2. The van der Waals surface area contributed by atoms with E-state index in [1.54, 1.807) is 6.92 Å². The molecule has 2 aromatic rings. The van der Waals surface area contributed by atoms with Crippen LogP contribution in [-0.4, -0.2) is 64.9 Å². The number of carbonyl (C=O) groups is 3. The first kappa shape index (κ1) is 22.2. The van der Waals surface area contributed by atoms with Crippen molar-refractivity contribution in [3.8, 4) is 5.75 Å². The third-order valence-electron chi connectivity index (χ3n) is 4.62. The van der Waals surface area contributed by atoms with Crippen molar-refractivity contribution >= 4 is 17.6 Å². The van der Waals surface area contributed by atoms with Crippen LogP contribution in [0.4, 0.5) is 8.78 Å². The molecule has 0 saturated carbocycles. The highest BCUT2D eigenvalue weighted by molar-refractivity contribution is 6.04. The average Bonchev–Trinajstić information content (AvgIpc) is 2.77. The van der Waals surface area contributed by atoms with Gasteiger partial charge in [0.15, 0.2) is 34.6 Å². The summed E-state index contributed by atoms with van der Waals surface area (Å²) in [6, 6.07) is 1.84. The minimum atomic E-state index is -1.01. The SMILES string of the molecule is CCC(=O)c1cc(F)c(OCC2CN(C(=O)c3nccnc3C(N)=O)CCO2)c(F)c1. The van der Waals surface area contributed by atoms with Gasteiger partial charge < -0.3 is 20.1 Å². The zero-order chi connectivity index (χ0) is 22.5. The van der Waals surface area contributed by atoms with E-state index in [0.29, 0.717) is 0 Å². The number of morpholine rings is 1. The van der Waals surface area contributed by atoms with Crippen molar-refractivity contribution in [1.82, 2.24) is 14.9 Å². The summed E-state index contributed by atoms with van der Waals surface area (Å²) in [7, 11) is 0. The number of halogens is 2. The lowest BCUT2D eigenvalue weighted by atomic mass is 10.1. The molecule has 1 fully saturated rings. The number of carbonyl (C=O) groups excluding carboxylic acids is 3. The molecule has 0 bridgehead atoms. The van der Waals surface area contributed by atoms with E-state index in [1.165, 1.54) is 17.3 Å². The fourth-order valence-electron chi connectivity index (χ4n) is 3.07. The molecule has 1 aliphatic rings. The smallest absolute Gasteiger partial charge is 0.275 e. The summed E-state index contributed by atoms with van der Waals surface area (Å²) >= 11 is 0. The van der Waals surface area contributed by atoms with E-state index >= 15 is 0 Å². The summed E-state index contributed by atoms with van der Waals surface area (Å²) < 4.78 is 39.2. The molecule has 1 aromatic heterocycles. The van der Waals surface area contributed by atoms with Crippen LogP contribution in [0.5, 0.6) is 5.75 Å². The Bertz CT molecular complexity index is 994. The van der Waals surface area contributed by atoms with Gasteiger partial charge in [-0.1, -0.05) is 6.92 Å². The lowest BCUT2D eigenvalue weighted by Crippen LogP contribution is -2.48. The Hall–Kier alpha value is -3.47. The molecule has 1 aliphatic heterocycles. The number of rotatable bonds is 7. The Morgan fingerprint density at radius 2 is 1.84 bits per heavy atom. The van der Waals surface area contributed by atoms with E-state index in [0.717, 1.165) is 12.1 Å². The summed E-state index contributed by atoms with van der Waals surface area (Å²) in [5, 5.41) is 0. The van der Waals surface area contributed by atoms with E-state index < -0.39 is 41.1 Å². The normalized spacial score (nSPS) is 16.1. The van der Waals surface area contributed by atoms with Crippen molar-refractivity contribution in [2.24, 2.45) is 5.73 Å². The topological polar surface area (TPSA) is 125 Å². The molecule has 0 spiro atoms. The number of ketones is 1. The molecule has 9 nitrogen and oxygen atoms in total. The van der Waals surface area contributed by atoms with Gasteiger partial charge in [0.2, 0.25) is 0 Å². The van der Waals surface area contributed by atoms with Gasteiger partial charge in [0.1, 0.15) is 12.7 Å². The van der Waals surface area contributed by atoms with Crippen LogP contribution in [0, 0.1) is 11.6 Å². The summed E-state index contributed by atoms with van der Waals surface area (Å²) in [5.74, 6) is -4.51. The fourth-order valence-corrected chi connectivity index (χ4v) is 3.07. The summed E-state index contributed by atoms with van der Waals surface area (Å²) in [4.78, 5) is 44.9. The molecule has 0 radical (unpaired) electrons. The highest BCUT2D eigenvalue weighted by atomic mass is 19.1. The first-order valence-corrected chi connectivity index (χ1v) is 9.48. The Balaban J connectivity index is 1.68. The monoisotopic (exact) mass is 434 g/mol. The second-order valence-corrected chi connectivity index (χ2v) is 6.72. The molecule has 2 amide bonds. The lowest BCUT2D eigenvalue weighted by Gasteiger charge is -2.32. The minimum absolute atomic E-state index is 0.0310. The Morgan fingerprint density at radius 1 is 1.19 bits per heavy atom. The molecule has 164 valence electrons. The van der Waals surface area contributed by atoms with Gasteiger partial charge in [0.05, 0.1) is 13.2 Å². The predicted octanol–water partition coefficient (Wildman–Crippen LogP) is 1.37. The van der Waals surface area contributed by atoms with Crippen molar-refractivity contribution < 1.29 is 32.6 Å². The summed E-state index contributed by atoms with van der Waals surface area (Å²) in [6.07, 6.45) is 1.93. The van der Waals surface area contributed by atoms with Gasteiger partial charge in [0.25, 0.3) is 11.8 Å². The van der Waals surface area contributed by atoms with Gasteiger partial charge in [-0.3, -0.25) is 14.4 Å². The fraction of sp³-hybridized carbons (Fsp3) is 0.350. The maximum Gasteiger partial charge on any atom is 0.275 e. The predicted molar refractivity (Wildman–Crippen MR) is 103 cm³/mol. The number of Topliss-reactive ketones (excluding diaryl/α,β-unsaturated/α-hetero) is 1. The van der Waals surface area contributed by atoms with E-state index in [1.807, 2.05) is 0 Å². The zero-order valence-electron chi connectivity index (χ0n) is 16.6. The van der Waals surface area contributed by atoms with Gasteiger partial charge in [0, 0.05) is 30.9 Å². The van der Waals surface area contributed by atoms with Crippen molar-refractivity contribution in [2.45, 2.75) is 19.4 Å². The van der Waals surface area contributed by atoms with Crippen molar-refractivity contribution in [3.05, 3.63) is 53.1 Å². The molecule has 1 atom stereocenters. The Labute approximate surface area is 176 Å². The first-order chi connectivity index (χ1) is 14.8. The first-order valence-electron chi connectivity index (χ1n) is 9.48. The molecule has 11 heteroatoms. The highest BCUT2D eigenvalue weighted by Crippen LogP contribution is 2.25. The number of aromatic nitrogens is 2. The van der Waals surface area contributed by atoms with E-state index in [4.69, 9.17) is 15.2 Å². The number of benzene rings is 1. The van der Waals surface area contributed by atoms with Crippen LogP contribution in [0.15, 0.2) is 24.5 Å². The molecular formula is C20H20F2N4O5. The van der Waals surface area contributed by atoms with Gasteiger partial charge in [-0.25, -0.2) is 18.7 Å². The van der Waals surface area contributed by atoms with Crippen molar-refractivity contribution in [2.75, 3.05) is 26.3 Å². The van der Waals surface area contributed by atoms with Crippen LogP contribution >= 0.6 is 0 Å². The molecular weight excluding hydrogens is 414 g/mol. The Kier molecular flexibility index (Phi) is 6.85. The van der Waals surface area contributed by atoms with Crippen LogP contribution in [0.3, 0.4) is 0 Å². The standard InChI is InChI=1S/C20H20F2N4O5/c1-2-15(27)11-7-13(21)18(14(22)8-11)31-10-12-9-26(5-6-30-12)20(29)17-16(19(23)28)24-3-4-25-17/h3-4,7-8,12H,2,5-6,9-10H2,1H3,(H2,23,28). The molecule has 1 aromatic carbocycles. The quantitative estimate of drug-likeness (QED) is 0.653. The van der Waals surface area contributed by atoms with Gasteiger partial charge in [-0.15, -0.1) is 0 Å². The van der Waals surface area contributed by atoms with E-state index in [-0.39, 0.29) is 49.7 Å². The Morgan fingerprint density at radius 3 is 2.45 bits per heavy atom. The molecule has 3 rings (SSSR count). The summed E-state index contributed by atoms with van der Waals surface area (Å²) in [5.41, 5.74) is 4.72.